The molecule has 1 aromatic carbocycles. The predicted octanol–water partition coefficient (Wildman–Crippen LogP) is 2.01. The zero-order valence-electron chi connectivity index (χ0n) is 11.5. The fourth-order valence-electron chi connectivity index (χ4n) is 2.21. The molecule has 1 unspecified atom stereocenters. The Labute approximate surface area is 116 Å². The second kappa shape index (κ2) is 6.11. The van der Waals surface area contributed by atoms with E-state index in [4.69, 9.17) is 5.84 Å². The van der Waals surface area contributed by atoms with Gasteiger partial charge >= 0.3 is 0 Å². The van der Waals surface area contributed by atoms with Crippen LogP contribution in [0.3, 0.4) is 0 Å². The first kappa shape index (κ1) is 14.6. The lowest BCUT2D eigenvalue weighted by Gasteiger charge is -2.16. The van der Waals surface area contributed by atoms with Crippen LogP contribution in [0, 0.1) is 11.6 Å². The van der Waals surface area contributed by atoms with Gasteiger partial charge < -0.3 is 0 Å². The van der Waals surface area contributed by atoms with Crippen LogP contribution < -0.4 is 11.3 Å². The third-order valence-electron chi connectivity index (χ3n) is 3.32. The molecule has 4 nitrogen and oxygen atoms in total. The molecular weight excluding hydrogens is 262 g/mol. The van der Waals surface area contributed by atoms with Crippen LogP contribution in [0.1, 0.15) is 29.9 Å². The first-order valence-corrected chi connectivity index (χ1v) is 6.48. The van der Waals surface area contributed by atoms with Gasteiger partial charge in [-0.3, -0.25) is 16.0 Å². The van der Waals surface area contributed by atoms with Crippen LogP contribution in [0.4, 0.5) is 8.78 Å². The Hall–Kier alpha value is -1.79. The van der Waals surface area contributed by atoms with Gasteiger partial charge in [0.25, 0.3) is 0 Å². The maximum Gasteiger partial charge on any atom is 0.126 e. The number of aryl methyl sites for hydroxylation is 2. The first-order chi connectivity index (χ1) is 9.55. The summed E-state index contributed by atoms with van der Waals surface area (Å²) in [5.74, 6) is 4.65. The highest BCUT2D eigenvalue weighted by Crippen LogP contribution is 2.21. The van der Waals surface area contributed by atoms with E-state index in [1.54, 1.807) is 11.7 Å². The highest BCUT2D eigenvalue weighted by atomic mass is 19.1. The molecule has 0 aliphatic rings. The Morgan fingerprint density at radius 2 is 2.10 bits per heavy atom. The lowest BCUT2D eigenvalue weighted by atomic mass is 10.0. The summed E-state index contributed by atoms with van der Waals surface area (Å²) in [6.45, 7) is 2.00. The summed E-state index contributed by atoms with van der Waals surface area (Å²) in [5.41, 5.74) is 4.70. The molecule has 2 rings (SSSR count). The molecule has 0 fully saturated rings. The molecule has 0 saturated heterocycles. The van der Waals surface area contributed by atoms with E-state index in [2.05, 4.69) is 10.5 Å². The highest BCUT2D eigenvalue weighted by Gasteiger charge is 2.18. The van der Waals surface area contributed by atoms with Gasteiger partial charge in [0.05, 0.1) is 17.4 Å². The summed E-state index contributed by atoms with van der Waals surface area (Å²) < 4.78 is 28.6. The van der Waals surface area contributed by atoms with Crippen molar-refractivity contribution in [2.75, 3.05) is 0 Å². The molecule has 0 spiro atoms. The van der Waals surface area contributed by atoms with Gasteiger partial charge in [-0.05, 0) is 42.7 Å². The molecule has 0 bridgehead atoms. The summed E-state index contributed by atoms with van der Waals surface area (Å²) in [7, 11) is 1.81. The van der Waals surface area contributed by atoms with Gasteiger partial charge in [0.2, 0.25) is 0 Å². The second-order valence-corrected chi connectivity index (χ2v) is 4.70. The molecule has 0 radical (unpaired) electrons. The van der Waals surface area contributed by atoms with E-state index in [0.717, 1.165) is 29.9 Å². The van der Waals surface area contributed by atoms with Crippen molar-refractivity contribution in [1.82, 2.24) is 15.2 Å². The molecule has 2 aromatic rings. The summed E-state index contributed by atoms with van der Waals surface area (Å²) in [6, 6.07) is 5.00. The van der Waals surface area contributed by atoms with Crippen molar-refractivity contribution >= 4 is 0 Å². The third kappa shape index (κ3) is 3.02. The van der Waals surface area contributed by atoms with E-state index in [1.807, 2.05) is 13.0 Å². The van der Waals surface area contributed by atoms with Crippen molar-refractivity contribution in [1.29, 1.82) is 0 Å². The first-order valence-electron chi connectivity index (χ1n) is 6.48. The summed E-state index contributed by atoms with van der Waals surface area (Å²) in [5, 5.41) is 4.33. The molecule has 6 heteroatoms. The lowest BCUT2D eigenvalue weighted by Crippen LogP contribution is -2.31. The van der Waals surface area contributed by atoms with Crippen LogP contribution in [-0.4, -0.2) is 9.78 Å². The number of benzene rings is 1. The molecule has 108 valence electrons. The van der Waals surface area contributed by atoms with Gasteiger partial charge in [0.1, 0.15) is 11.6 Å². The van der Waals surface area contributed by atoms with Crippen molar-refractivity contribution in [2.45, 2.75) is 25.8 Å². The summed E-state index contributed by atoms with van der Waals surface area (Å²) >= 11 is 0. The molecule has 1 atom stereocenters. The zero-order chi connectivity index (χ0) is 14.7. The minimum atomic E-state index is -0.462. The average Bonchev–Trinajstić information content (AvgIpc) is 2.81. The Morgan fingerprint density at radius 1 is 1.35 bits per heavy atom. The molecule has 0 saturated carbocycles. The van der Waals surface area contributed by atoms with Crippen LogP contribution >= 0.6 is 0 Å². The number of nitrogens with zero attached hydrogens (tertiary/aromatic N) is 2. The molecular formula is C14H18F2N4. The minimum absolute atomic E-state index is 0.253. The average molecular weight is 280 g/mol. The monoisotopic (exact) mass is 280 g/mol. The van der Waals surface area contributed by atoms with Crippen molar-refractivity contribution in [3.05, 3.63) is 52.9 Å². The third-order valence-corrected chi connectivity index (χ3v) is 3.32. The van der Waals surface area contributed by atoms with E-state index in [9.17, 15) is 8.78 Å². The Bertz CT molecular complexity index is 595. The SMILES string of the molecule is CCc1cc(C(Cc2cc(F)ccc2F)NN)n(C)n1. The number of nitrogens with one attached hydrogen (secondary N) is 1. The minimum Gasteiger partial charge on any atom is -0.271 e. The summed E-state index contributed by atoms with van der Waals surface area (Å²) in [4.78, 5) is 0. The van der Waals surface area contributed by atoms with Crippen LogP contribution in [0.15, 0.2) is 24.3 Å². The predicted molar refractivity (Wildman–Crippen MR) is 72.7 cm³/mol. The van der Waals surface area contributed by atoms with Crippen LogP contribution in [0.25, 0.3) is 0 Å². The number of nitrogens with two attached hydrogens (primary N) is 1. The number of hydrogen-bond acceptors (Lipinski definition) is 3. The van der Waals surface area contributed by atoms with E-state index in [1.165, 1.54) is 6.07 Å². The fourth-order valence-corrected chi connectivity index (χ4v) is 2.21. The topological polar surface area (TPSA) is 55.9 Å². The van der Waals surface area contributed by atoms with Gasteiger partial charge in [-0.15, -0.1) is 0 Å². The Morgan fingerprint density at radius 3 is 2.70 bits per heavy atom. The molecule has 20 heavy (non-hydrogen) atoms. The van der Waals surface area contributed by atoms with Crippen LogP contribution in [0.5, 0.6) is 0 Å². The largest absolute Gasteiger partial charge is 0.271 e. The quantitative estimate of drug-likeness (QED) is 0.650. The number of rotatable bonds is 5. The fraction of sp³-hybridized carbons (Fsp3) is 0.357. The molecule has 0 aliphatic carbocycles. The van der Waals surface area contributed by atoms with E-state index >= 15 is 0 Å². The van der Waals surface area contributed by atoms with Gasteiger partial charge in [-0.2, -0.15) is 5.10 Å². The van der Waals surface area contributed by atoms with Crippen molar-refractivity contribution in [2.24, 2.45) is 12.9 Å². The van der Waals surface area contributed by atoms with E-state index in [-0.39, 0.29) is 18.0 Å². The summed E-state index contributed by atoms with van der Waals surface area (Å²) in [6.07, 6.45) is 1.06. The van der Waals surface area contributed by atoms with Crippen molar-refractivity contribution in [3.63, 3.8) is 0 Å². The second-order valence-electron chi connectivity index (χ2n) is 4.70. The van der Waals surface area contributed by atoms with E-state index < -0.39 is 11.6 Å². The molecule has 1 aromatic heterocycles. The standard InChI is InChI=1S/C14H18F2N4/c1-3-11-8-14(20(2)19-11)13(18-17)7-9-6-10(15)4-5-12(9)16/h4-6,8,13,18H,3,7,17H2,1-2H3. The van der Waals surface area contributed by atoms with Crippen LogP contribution in [0.2, 0.25) is 0 Å². The van der Waals surface area contributed by atoms with Gasteiger partial charge in [0.15, 0.2) is 0 Å². The maximum atomic E-state index is 13.7. The van der Waals surface area contributed by atoms with Gasteiger partial charge in [-0.25, -0.2) is 8.78 Å². The maximum absolute atomic E-state index is 13.7. The zero-order valence-corrected chi connectivity index (χ0v) is 11.5. The van der Waals surface area contributed by atoms with Gasteiger partial charge in [0, 0.05) is 7.05 Å². The van der Waals surface area contributed by atoms with E-state index in [0.29, 0.717) is 0 Å². The number of hydrogen-bond donors (Lipinski definition) is 2. The van der Waals surface area contributed by atoms with Crippen LogP contribution in [-0.2, 0) is 19.9 Å². The molecule has 0 aliphatic heterocycles. The number of halogens is 2. The smallest absolute Gasteiger partial charge is 0.126 e. The van der Waals surface area contributed by atoms with Crippen molar-refractivity contribution in [3.8, 4) is 0 Å². The molecule has 3 N–H and O–H groups in total. The molecule has 0 amide bonds. The number of hydrazine groups is 1. The van der Waals surface area contributed by atoms with Crippen molar-refractivity contribution < 1.29 is 8.78 Å². The Kier molecular flexibility index (Phi) is 4.46. The molecule has 1 heterocycles. The van der Waals surface area contributed by atoms with Gasteiger partial charge in [-0.1, -0.05) is 6.92 Å². The normalized spacial score (nSPS) is 12.7. The number of aromatic nitrogens is 2. The lowest BCUT2D eigenvalue weighted by molar-refractivity contribution is 0.492. The Balaban J connectivity index is 2.28. The highest BCUT2D eigenvalue weighted by molar-refractivity contribution is 5.23.